The van der Waals surface area contributed by atoms with Gasteiger partial charge in [-0.1, -0.05) is 24.3 Å². The lowest BCUT2D eigenvalue weighted by Crippen LogP contribution is -2.07. The fourth-order valence-electron chi connectivity index (χ4n) is 3.52. The van der Waals surface area contributed by atoms with Crippen LogP contribution in [0.5, 0.6) is 5.75 Å². The summed E-state index contributed by atoms with van der Waals surface area (Å²) >= 11 is 1.45. The molecule has 1 amide bonds. The summed E-state index contributed by atoms with van der Waals surface area (Å²) in [5, 5.41) is 5.46. The molecule has 0 saturated carbocycles. The number of amides is 1. The zero-order valence-electron chi connectivity index (χ0n) is 16.5. The third-order valence-electron chi connectivity index (χ3n) is 5.00. The lowest BCUT2D eigenvalue weighted by Gasteiger charge is -2.16. The summed E-state index contributed by atoms with van der Waals surface area (Å²) in [6.07, 6.45) is 8.17. The third-order valence-corrected chi connectivity index (χ3v) is 5.75. The predicted octanol–water partition coefficient (Wildman–Crippen LogP) is 5.74. The number of carbonyl (C=O) groups is 1. The van der Waals surface area contributed by atoms with E-state index in [2.05, 4.69) is 28.5 Å². The minimum absolute atomic E-state index is 0.190. The number of hydrogen-bond acceptors (Lipinski definition) is 4. The molecule has 1 N–H and O–H groups in total. The lowest BCUT2D eigenvalue weighted by molar-refractivity contribution is -0.111. The fraction of sp³-hybridized carbons (Fsp3) is 0.250. The van der Waals surface area contributed by atoms with Crippen molar-refractivity contribution in [1.82, 2.24) is 4.98 Å². The molecule has 0 spiro atoms. The smallest absolute Gasteiger partial charge is 0.250 e. The van der Waals surface area contributed by atoms with Crippen LogP contribution in [-0.2, 0) is 17.6 Å². The van der Waals surface area contributed by atoms with E-state index in [4.69, 9.17) is 4.74 Å². The number of fused-ring (bicyclic) bond motifs is 1. The standard InChI is InChI=1S/C24H24N2O2S/c1-2-28-21-12-7-17(8-13-21)9-14-23(27)26-24-25-22(16-29-24)20-11-10-18-5-3-4-6-19(18)15-20/h7-16H,2-6H2,1H3,(H,25,26,27)/b14-9+. The molecule has 1 aromatic heterocycles. The Balaban J connectivity index is 1.39. The molecule has 0 atom stereocenters. The van der Waals surface area contributed by atoms with E-state index in [0.717, 1.165) is 29.0 Å². The second kappa shape index (κ2) is 9.05. The van der Waals surface area contributed by atoms with Crippen LogP contribution in [0.2, 0.25) is 0 Å². The van der Waals surface area contributed by atoms with Crippen LogP contribution in [-0.4, -0.2) is 17.5 Å². The Morgan fingerprint density at radius 3 is 2.72 bits per heavy atom. The van der Waals surface area contributed by atoms with Gasteiger partial charge in [0.2, 0.25) is 5.91 Å². The Hall–Kier alpha value is -2.92. The number of aromatic nitrogens is 1. The molecule has 0 fully saturated rings. The van der Waals surface area contributed by atoms with Crippen molar-refractivity contribution in [2.75, 3.05) is 11.9 Å². The fourth-order valence-corrected chi connectivity index (χ4v) is 4.24. The van der Waals surface area contributed by atoms with Gasteiger partial charge < -0.3 is 4.74 Å². The van der Waals surface area contributed by atoms with Crippen LogP contribution in [0.15, 0.2) is 53.9 Å². The van der Waals surface area contributed by atoms with E-state index in [0.29, 0.717) is 11.7 Å². The molecule has 2 aromatic carbocycles. The normalized spacial score (nSPS) is 13.3. The van der Waals surface area contributed by atoms with Gasteiger partial charge in [-0.15, -0.1) is 11.3 Å². The Morgan fingerprint density at radius 2 is 1.93 bits per heavy atom. The highest BCUT2D eigenvalue weighted by Gasteiger charge is 2.12. The van der Waals surface area contributed by atoms with Crippen LogP contribution in [0.3, 0.4) is 0 Å². The summed E-state index contributed by atoms with van der Waals surface area (Å²) < 4.78 is 5.42. The van der Waals surface area contributed by atoms with Gasteiger partial charge in [0, 0.05) is 17.0 Å². The molecule has 1 heterocycles. The van der Waals surface area contributed by atoms with E-state index in [1.54, 1.807) is 6.08 Å². The molecule has 0 aliphatic heterocycles. The number of ether oxygens (including phenoxy) is 1. The molecule has 3 aromatic rings. The molecule has 0 unspecified atom stereocenters. The minimum atomic E-state index is -0.190. The summed E-state index contributed by atoms with van der Waals surface area (Å²) in [4.78, 5) is 16.8. The van der Waals surface area contributed by atoms with Gasteiger partial charge in [0.05, 0.1) is 12.3 Å². The van der Waals surface area contributed by atoms with Crippen molar-refractivity contribution in [3.8, 4) is 17.0 Å². The zero-order chi connectivity index (χ0) is 20.1. The molecule has 1 aliphatic carbocycles. The monoisotopic (exact) mass is 404 g/mol. The second-order valence-corrected chi connectivity index (χ2v) is 7.91. The van der Waals surface area contributed by atoms with Gasteiger partial charge in [-0.25, -0.2) is 4.98 Å². The van der Waals surface area contributed by atoms with Crippen LogP contribution < -0.4 is 10.1 Å². The maximum atomic E-state index is 12.2. The molecule has 1 aliphatic rings. The number of nitrogens with one attached hydrogen (secondary N) is 1. The highest BCUT2D eigenvalue weighted by atomic mass is 32.1. The van der Waals surface area contributed by atoms with Crippen molar-refractivity contribution in [3.05, 3.63) is 70.6 Å². The van der Waals surface area contributed by atoms with E-state index in [-0.39, 0.29) is 5.91 Å². The van der Waals surface area contributed by atoms with Gasteiger partial charge in [-0.05, 0) is 73.6 Å². The van der Waals surface area contributed by atoms with E-state index in [1.807, 2.05) is 36.6 Å². The minimum Gasteiger partial charge on any atom is -0.494 e. The maximum Gasteiger partial charge on any atom is 0.250 e. The number of benzene rings is 2. The number of carbonyl (C=O) groups excluding carboxylic acids is 1. The quantitative estimate of drug-likeness (QED) is 0.533. The summed E-state index contributed by atoms with van der Waals surface area (Å²) in [7, 11) is 0. The van der Waals surface area contributed by atoms with Crippen LogP contribution >= 0.6 is 11.3 Å². The van der Waals surface area contributed by atoms with Crippen molar-refractivity contribution < 1.29 is 9.53 Å². The molecule has 5 heteroatoms. The number of thiazole rings is 1. The second-order valence-electron chi connectivity index (χ2n) is 7.05. The average molecular weight is 405 g/mol. The highest BCUT2D eigenvalue weighted by Crippen LogP contribution is 2.29. The van der Waals surface area contributed by atoms with E-state index in [1.165, 1.54) is 47.8 Å². The first-order valence-electron chi connectivity index (χ1n) is 10.0. The van der Waals surface area contributed by atoms with Crippen molar-refractivity contribution in [1.29, 1.82) is 0 Å². The molecule has 148 valence electrons. The van der Waals surface area contributed by atoms with Crippen LogP contribution in [0.4, 0.5) is 5.13 Å². The average Bonchev–Trinajstić information content (AvgIpc) is 3.21. The van der Waals surface area contributed by atoms with Crippen molar-refractivity contribution in [2.24, 2.45) is 0 Å². The maximum absolute atomic E-state index is 12.2. The Bertz CT molecular complexity index is 1020. The summed E-state index contributed by atoms with van der Waals surface area (Å²) in [5.41, 5.74) is 5.87. The number of anilines is 1. The Morgan fingerprint density at radius 1 is 1.14 bits per heavy atom. The SMILES string of the molecule is CCOc1ccc(/C=C/C(=O)Nc2nc(-c3ccc4c(c3)CCCC4)cs2)cc1. The Labute approximate surface area is 175 Å². The first-order valence-corrected chi connectivity index (χ1v) is 10.9. The van der Waals surface area contributed by atoms with E-state index in [9.17, 15) is 4.79 Å². The van der Waals surface area contributed by atoms with Gasteiger partial charge in [0.1, 0.15) is 5.75 Å². The van der Waals surface area contributed by atoms with Gasteiger partial charge in [-0.2, -0.15) is 0 Å². The van der Waals surface area contributed by atoms with Gasteiger partial charge >= 0.3 is 0 Å². The molecule has 29 heavy (non-hydrogen) atoms. The third kappa shape index (κ3) is 4.93. The highest BCUT2D eigenvalue weighted by molar-refractivity contribution is 7.14. The van der Waals surface area contributed by atoms with Crippen molar-refractivity contribution >= 4 is 28.5 Å². The van der Waals surface area contributed by atoms with Crippen molar-refractivity contribution in [3.63, 3.8) is 0 Å². The topological polar surface area (TPSA) is 51.2 Å². The molecule has 0 radical (unpaired) electrons. The Kier molecular flexibility index (Phi) is 6.06. The predicted molar refractivity (Wildman–Crippen MR) is 119 cm³/mol. The molecular formula is C24H24N2O2S. The zero-order valence-corrected chi connectivity index (χ0v) is 17.3. The molecular weight excluding hydrogens is 380 g/mol. The molecule has 4 rings (SSSR count). The molecule has 4 nitrogen and oxygen atoms in total. The van der Waals surface area contributed by atoms with E-state index >= 15 is 0 Å². The summed E-state index contributed by atoms with van der Waals surface area (Å²) in [6, 6.07) is 14.2. The summed E-state index contributed by atoms with van der Waals surface area (Å²) in [5.74, 6) is 0.636. The van der Waals surface area contributed by atoms with Gasteiger partial charge in [-0.3, -0.25) is 10.1 Å². The van der Waals surface area contributed by atoms with Crippen LogP contribution in [0, 0.1) is 0 Å². The first-order chi connectivity index (χ1) is 14.2. The lowest BCUT2D eigenvalue weighted by atomic mass is 9.90. The first kappa shape index (κ1) is 19.4. The van der Waals surface area contributed by atoms with Crippen LogP contribution in [0.1, 0.15) is 36.5 Å². The summed E-state index contributed by atoms with van der Waals surface area (Å²) in [6.45, 7) is 2.59. The largest absolute Gasteiger partial charge is 0.494 e. The van der Waals surface area contributed by atoms with Crippen molar-refractivity contribution in [2.45, 2.75) is 32.6 Å². The molecule has 0 saturated heterocycles. The van der Waals surface area contributed by atoms with Crippen LogP contribution in [0.25, 0.3) is 17.3 Å². The number of nitrogens with zero attached hydrogens (tertiary/aromatic N) is 1. The van der Waals surface area contributed by atoms with E-state index < -0.39 is 0 Å². The van der Waals surface area contributed by atoms with Gasteiger partial charge in [0.25, 0.3) is 0 Å². The number of rotatable bonds is 6. The number of aryl methyl sites for hydroxylation is 2. The molecule has 0 bridgehead atoms. The van der Waals surface area contributed by atoms with Gasteiger partial charge in [0.15, 0.2) is 5.13 Å². The number of hydrogen-bond donors (Lipinski definition) is 1.